The summed E-state index contributed by atoms with van der Waals surface area (Å²) in [5, 5.41) is 2.44. The van der Waals surface area contributed by atoms with E-state index in [0.717, 1.165) is 20.6 Å². The first-order valence-corrected chi connectivity index (χ1v) is 7.20. The topological polar surface area (TPSA) is 134 Å². The van der Waals surface area contributed by atoms with Crippen molar-refractivity contribution in [1.29, 1.82) is 0 Å². The number of primary amides is 1. The van der Waals surface area contributed by atoms with Crippen molar-refractivity contribution in [2.45, 2.75) is 31.9 Å². The Balaban J connectivity index is 2.92. The van der Waals surface area contributed by atoms with Crippen LogP contribution < -0.4 is 11.1 Å². The molecule has 0 aromatic rings. The van der Waals surface area contributed by atoms with E-state index >= 15 is 0 Å². The van der Waals surface area contributed by atoms with Crippen molar-refractivity contribution in [3.8, 4) is 0 Å². The molecular formula is C14H22N2O7. The van der Waals surface area contributed by atoms with Crippen molar-refractivity contribution in [2.24, 2.45) is 17.6 Å². The number of amides is 2. The molecule has 1 aliphatic rings. The highest BCUT2D eigenvalue weighted by molar-refractivity contribution is 5.97. The largest absolute Gasteiger partial charge is 0.468 e. The van der Waals surface area contributed by atoms with Crippen LogP contribution in [0.4, 0.5) is 0 Å². The molecule has 3 N–H and O–H groups in total. The molecule has 9 nitrogen and oxygen atoms in total. The molecule has 1 rings (SSSR count). The van der Waals surface area contributed by atoms with Crippen LogP contribution in [0.1, 0.15) is 19.8 Å². The molecule has 0 spiro atoms. The van der Waals surface area contributed by atoms with Gasteiger partial charge in [0.15, 0.2) is 5.92 Å². The van der Waals surface area contributed by atoms with E-state index in [1.165, 1.54) is 6.92 Å². The molecule has 0 aromatic carbocycles. The molecule has 0 radical (unpaired) electrons. The van der Waals surface area contributed by atoms with Gasteiger partial charge < -0.3 is 25.3 Å². The van der Waals surface area contributed by atoms with Crippen LogP contribution in [0.3, 0.4) is 0 Å². The lowest BCUT2D eigenvalue weighted by Crippen LogP contribution is -2.54. The Morgan fingerprint density at radius 1 is 1.17 bits per heavy atom. The molecule has 0 saturated carbocycles. The Morgan fingerprint density at radius 3 is 2.13 bits per heavy atom. The number of rotatable bonds is 7. The summed E-state index contributed by atoms with van der Waals surface area (Å²) in [4.78, 5) is 47.4. The summed E-state index contributed by atoms with van der Waals surface area (Å²) < 4.78 is 14.3. The second-order valence-electron chi connectivity index (χ2n) is 5.27. The van der Waals surface area contributed by atoms with Crippen molar-refractivity contribution in [3.63, 3.8) is 0 Å². The van der Waals surface area contributed by atoms with E-state index in [9.17, 15) is 19.2 Å². The van der Waals surface area contributed by atoms with Gasteiger partial charge in [0, 0.05) is 12.5 Å². The maximum atomic E-state index is 12.1. The van der Waals surface area contributed by atoms with E-state index in [1.807, 2.05) is 0 Å². The second kappa shape index (κ2) is 8.47. The van der Waals surface area contributed by atoms with Crippen LogP contribution in [0.5, 0.6) is 0 Å². The van der Waals surface area contributed by atoms with Crippen molar-refractivity contribution in [1.82, 2.24) is 5.32 Å². The van der Waals surface area contributed by atoms with Gasteiger partial charge in [0.2, 0.25) is 11.8 Å². The standard InChI is InChI=1S/C14H22N2O7/c1-7(9(13(19)21-2)14(20)22-3)10(11(15)17)16-12(18)8-5-4-6-23-8/h7-10H,4-6H2,1-3H3,(H2,15,17)(H,16,18)/t7-,8-,10-/m1/s1. The summed E-state index contributed by atoms with van der Waals surface area (Å²) in [6.45, 7) is 1.89. The predicted octanol–water partition coefficient (Wildman–Crippen LogP) is -1.27. The zero-order valence-electron chi connectivity index (χ0n) is 13.4. The molecular weight excluding hydrogens is 308 g/mol. The van der Waals surface area contributed by atoms with E-state index in [4.69, 9.17) is 10.5 Å². The smallest absolute Gasteiger partial charge is 0.320 e. The van der Waals surface area contributed by atoms with Gasteiger partial charge in [-0.2, -0.15) is 0 Å². The third-order valence-electron chi connectivity index (χ3n) is 3.79. The molecule has 3 atom stereocenters. The molecule has 1 aliphatic heterocycles. The molecule has 0 unspecified atom stereocenters. The lowest BCUT2D eigenvalue weighted by atomic mass is 9.86. The minimum absolute atomic E-state index is 0.460. The number of hydrogen-bond donors (Lipinski definition) is 2. The maximum absolute atomic E-state index is 12.1. The lowest BCUT2D eigenvalue weighted by Gasteiger charge is -2.27. The van der Waals surface area contributed by atoms with Gasteiger partial charge in [-0.3, -0.25) is 19.2 Å². The first-order valence-electron chi connectivity index (χ1n) is 7.20. The fraction of sp³-hybridized carbons (Fsp3) is 0.714. The summed E-state index contributed by atoms with van der Waals surface area (Å²) in [5.74, 6) is -5.46. The second-order valence-corrected chi connectivity index (χ2v) is 5.27. The van der Waals surface area contributed by atoms with Crippen molar-refractivity contribution in [3.05, 3.63) is 0 Å². The SMILES string of the molecule is COC(=O)C(C(=O)OC)[C@@H](C)[C@@H](NC(=O)[C@H]1CCCO1)C(N)=O. The van der Waals surface area contributed by atoms with Gasteiger partial charge in [0.1, 0.15) is 12.1 Å². The minimum Gasteiger partial charge on any atom is -0.468 e. The summed E-state index contributed by atoms with van der Waals surface area (Å²) >= 11 is 0. The van der Waals surface area contributed by atoms with Crippen LogP contribution in [0.25, 0.3) is 0 Å². The predicted molar refractivity (Wildman–Crippen MR) is 76.8 cm³/mol. The van der Waals surface area contributed by atoms with Crippen molar-refractivity contribution < 1.29 is 33.4 Å². The van der Waals surface area contributed by atoms with Crippen LogP contribution in [0.2, 0.25) is 0 Å². The summed E-state index contributed by atoms with van der Waals surface area (Å²) in [5.41, 5.74) is 5.31. The first-order chi connectivity index (χ1) is 10.8. The molecule has 0 aliphatic carbocycles. The molecule has 0 bridgehead atoms. The first kappa shape index (κ1) is 18.9. The summed E-state index contributed by atoms with van der Waals surface area (Å²) in [6.07, 6.45) is 0.601. The number of carbonyl (C=O) groups is 4. The van der Waals surface area contributed by atoms with Crippen LogP contribution in [0.15, 0.2) is 0 Å². The highest BCUT2D eigenvalue weighted by Gasteiger charge is 2.42. The molecule has 1 fully saturated rings. The normalized spacial score (nSPS) is 19.7. The third kappa shape index (κ3) is 4.65. The Bertz CT molecular complexity index is 458. The number of ether oxygens (including phenoxy) is 3. The monoisotopic (exact) mass is 330 g/mol. The van der Waals surface area contributed by atoms with E-state index in [-0.39, 0.29) is 0 Å². The molecule has 23 heavy (non-hydrogen) atoms. The van der Waals surface area contributed by atoms with E-state index in [2.05, 4.69) is 14.8 Å². The zero-order valence-corrected chi connectivity index (χ0v) is 13.4. The number of nitrogens with one attached hydrogen (secondary N) is 1. The van der Waals surface area contributed by atoms with E-state index < -0.39 is 47.7 Å². The number of esters is 2. The van der Waals surface area contributed by atoms with Crippen LogP contribution >= 0.6 is 0 Å². The lowest BCUT2D eigenvalue weighted by molar-refractivity contribution is -0.162. The van der Waals surface area contributed by atoms with E-state index in [0.29, 0.717) is 13.0 Å². The number of carbonyl (C=O) groups excluding carboxylic acids is 4. The average Bonchev–Trinajstić information content (AvgIpc) is 3.05. The Labute approximate surface area is 133 Å². The van der Waals surface area contributed by atoms with Crippen LogP contribution in [0, 0.1) is 11.8 Å². The zero-order chi connectivity index (χ0) is 17.6. The fourth-order valence-corrected chi connectivity index (χ4v) is 2.46. The quantitative estimate of drug-likeness (QED) is 0.439. The van der Waals surface area contributed by atoms with Gasteiger partial charge in [0.25, 0.3) is 0 Å². The van der Waals surface area contributed by atoms with Crippen LogP contribution in [-0.2, 0) is 33.4 Å². The van der Waals surface area contributed by atoms with Gasteiger partial charge in [-0.1, -0.05) is 6.92 Å². The van der Waals surface area contributed by atoms with Crippen molar-refractivity contribution >= 4 is 23.8 Å². The Kier molecular flexibility index (Phi) is 6.95. The van der Waals surface area contributed by atoms with E-state index in [1.54, 1.807) is 0 Å². The Hall–Kier alpha value is -2.16. The Morgan fingerprint density at radius 2 is 1.74 bits per heavy atom. The average molecular weight is 330 g/mol. The molecule has 1 heterocycles. The molecule has 9 heteroatoms. The molecule has 0 aromatic heterocycles. The van der Waals surface area contributed by atoms with Gasteiger partial charge >= 0.3 is 11.9 Å². The summed E-state index contributed by atoms with van der Waals surface area (Å²) in [6, 6.07) is -1.24. The van der Waals surface area contributed by atoms with Gasteiger partial charge in [-0.25, -0.2) is 0 Å². The maximum Gasteiger partial charge on any atom is 0.320 e. The third-order valence-corrected chi connectivity index (χ3v) is 3.79. The highest BCUT2D eigenvalue weighted by Crippen LogP contribution is 2.20. The van der Waals surface area contributed by atoms with Crippen LogP contribution in [-0.4, -0.2) is 56.7 Å². The van der Waals surface area contributed by atoms with Gasteiger partial charge in [-0.15, -0.1) is 0 Å². The van der Waals surface area contributed by atoms with Gasteiger partial charge in [0.05, 0.1) is 14.2 Å². The number of hydrogen-bond acceptors (Lipinski definition) is 7. The highest BCUT2D eigenvalue weighted by atomic mass is 16.5. The summed E-state index contributed by atoms with van der Waals surface area (Å²) in [7, 11) is 2.21. The molecule has 130 valence electrons. The minimum atomic E-state index is -1.38. The fourth-order valence-electron chi connectivity index (χ4n) is 2.46. The van der Waals surface area contributed by atoms with Crippen molar-refractivity contribution in [2.75, 3.05) is 20.8 Å². The number of nitrogens with two attached hydrogens (primary N) is 1. The molecule has 1 saturated heterocycles. The van der Waals surface area contributed by atoms with Gasteiger partial charge in [-0.05, 0) is 12.8 Å². The molecule has 2 amide bonds. The number of methoxy groups -OCH3 is 2.